The number of H-pyrrole nitrogens is 4. The Balaban J connectivity index is 2.32. The summed E-state index contributed by atoms with van der Waals surface area (Å²) >= 11 is 0. The lowest BCUT2D eigenvalue weighted by atomic mass is 9.86. The van der Waals surface area contributed by atoms with Crippen LogP contribution < -0.4 is 11.1 Å². The van der Waals surface area contributed by atoms with E-state index in [9.17, 15) is 9.59 Å². The first-order chi connectivity index (χ1) is 10.1. The minimum Gasteiger partial charge on any atom is -0.302 e. The summed E-state index contributed by atoms with van der Waals surface area (Å²) in [5.74, 6) is -0.469. The molecule has 0 spiro atoms. The molecule has 0 saturated heterocycles. The van der Waals surface area contributed by atoms with Crippen molar-refractivity contribution in [1.29, 1.82) is 0 Å². The molecule has 7 nitrogen and oxygen atoms in total. The van der Waals surface area contributed by atoms with Gasteiger partial charge in [-0.25, -0.2) is 0 Å². The first-order valence-corrected chi connectivity index (χ1v) is 6.53. The zero-order chi connectivity index (χ0) is 15.0. The fourth-order valence-electron chi connectivity index (χ4n) is 2.63. The van der Waals surface area contributed by atoms with Crippen LogP contribution in [0.3, 0.4) is 0 Å². The molecule has 3 rings (SSSR count). The minimum absolute atomic E-state index is 0.235. The van der Waals surface area contributed by atoms with E-state index in [1.165, 1.54) is 0 Å². The van der Waals surface area contributed by atoms with E-state index in [0.717, 1.165) is 5.56 Å². The van der Waals surface area contributed by atoms with Crippen LogP contribution in [-0.4, -0.2) is 25.4 Å². The smallest absolute Gasteiger partial charge is 0.268 e. The van der Waals surface area contributed by atoms with Gasteiger partial charge < -0.3 is 10.2 Å². The van der Waals surface area contributed by atoms with E-state index in [0.29, 0.717) is 22.5 Å². The molecular weight excluding hydrogens is 270 g/mol. The van der Waals surface area contributed by atoms with Gasteiger partial charge in [-0.05, 0) is 25.5 Å². The highest BCUT2D eigenvalue weighted by atomic mass is 16.1. The molecule has 0 radical (unpaired) electrons. The molecule has 0 aliphatic heterocycles. The predicted molar refractivity (Wildman–Crippen MR) is 77.5 cm³/mol. The van der Waals surface area contributed by atoms with Gasteiger partial charge >= 0.3 is 0 Å². The number of nitrogens with one attached hydrogen (secondary N) is 4. The van der Waals surface area contributed by atoms with Crippen LogP contribution in [0.15, 0.2) is 34.1 Å². The Labute approximate surface area is 119 Å². The first-order valence-electron chi connectivity index (χ1n) is 6.53. The number of pyridine rings is 1. The van der Waals surface area contributed by atoms with Gasteiger partial charge in [0.05, 0.1) is 17.0 Å². The van der Waals surface area contributed by atoms with Gasteiger partial charge in [-0.2, -0.15) is 0 Å². The van der Waals surface area contributed by atoms with Gasteiger partial charge in [-0.3, -0.25) is 24.8 Å². The van der Waals surface area contributed by atoms with Gasteiger partial charge in [0.15, 0.2) is 0 Å². The van der Waals surface area contributed by atoms with Crippen molar-refractivity contribution in [2.75, 3.05) is 0 Å². The quantitative estimate of drug-likeness (QED) is 0.574. The van der Waals surface area contributed by atoms with Crippen LogP contribution in [0.1, 0.15) is 34.0 Å². The van der Waals surface area contributed by atoms with Gasteiger partial charge in [0, 0.05) is 23.8 Å². The lowest BCUT2D eigenvalue weighted by Crippen LogP contribution is -2.20. The second kappa shape index (κ2) is 4.93. The third kappa shape index (κ3) is 2.12. The van der Waals surface area contributed by atoms with E-state index < -0.39 is 5.92 Å². The predicted octanol–water partition coefficient (Wildman–Crippen LogP) is 0.911. The number of aromatic amines is 4. The van der Waals surface area contributed by atoms with Gasteiger partial charge in [0.25, 0.3) is 11.1 Å². The number of hydrogen-bond donors (Lipinski definition) is 4. The summed E-state index contributed by atoms with van der Waals surface area (Å²) in [4.78, 5) is 28.4. The molecule has 21 heavy (non-hydrogen) atoms. The van der Waals surface area contributed by atoms with Gasteiger partial charge in [-0.15, -0.1) is 0 Å². The largest absolute Gasteiger partial charge is 0.302 e. The maximum absolute atomic E-state index is 12.1. The lowest BCUT2D eigenvalue weighted by molar-refractivity contribution is 0.921. The van der Waals surface area contributed by atoms with Crippen LogP contribution in [0, 0.1) is 13.8 Å². The molecule has 0 aromatic carbocycles. The zero-order valence-electron chi connectivity index (χ0n) is 11.7. The first kappa shape index (κ1) is 13.2. The molecule has 0 unspecified atom stereocenters. The van der Waals surface area contributed by atoms with E-state index >= 15 is 0 Å². The maximum Gasteiger partial charge on any atom is 0.268 e. The van der Waals surface area contributed by atoms with E-state index in [1.54, 1.807) is 32.3 Å². The standard InChI is InChI=1S/C14H15N5O2/c1-7-10(13(20)18-16-7)12(9-4-3-5-15-6-9)11-8(2)17-19-14(11)21/h3-6,12H,1-2H3,(H2,16,18,20)(H2,17,19,21). The topological polar surface area (TPSA) is 110 Å². The average Bonchev–Trinajstić information content (AvgIpc) is 2.98. The summed E-state index contributed by atoms with van der Waals surface area (Å²) in [6.45, 7) is 3.60. The molecule has 0 fully saturated rings. The van der Waals surface area contributed by atoms with Crippen molar-refractivity contribution in [3.8, 4) is 0 Å². The summed E-state index contributed by atoms with van der Waals surface area (Å²) in [7, 11) is 0. The van der Waals surface area contributed by atoms with E-state index in [2.05, 4.69) is 25.4 Å². The Morgan fingerprint density at radius 2 is 1.52 bits per heavy atom. The normalized spacial score (nSPS) is 11.2. The van der Waals surface area contributed by atoms with Crippen molar-refractivity contribution < 1.29 is 0 Å². The maximum atomic E-state index is 12.1. The molecule has 0 atom stereocenters. The Bertz CT molecular complexity index is 814. The molecule has 0 amide bonds. The van der Waals surface area contributed by atoms with E-state index in [1.807, 2.05) is 6.07 Å². The molecule has 0 aliphatic carbocycles. The van der Waals surface area contributed by atoms with Crippen molar-refractivity contribution in [3.05, 3.63) is 73.3 Å². The fourth-order valence-corrected chi connectivity index (χ4v) is 2.63. The van der Waals surface area contributed by atoms with E-state index in [4.69, 9.17) is 0 Å². The summed E-state index contributed by atoms with van der Waals surface area (Å²) in [6, 6.07) is 3.64. The van der Waals surface area contributed by atoms with Crippen LogP contribution in [0.5, 0.6) is 0 Å². The third-order valence-electron chi connectivity index (χ3n) is 3.62. The van der Waals surface area contributed by atoms with Crippen LogP contribution in [-0.2, 0) is 0 Å². The molecule has 4 N–H and O–H groups in total. The molecule has 7 heteroatoms. The van der Waals surface area contributed by atoms with E-state index in [-0.39, 0.29) is 11.1 Å². The van der Waals surface area contributed by atoms with Crippen LogP contribution in [0.25, 0.3) is 0 Å². The second-order valence-electron chi connectivity index (χ2n) is 4.95. The minimum atomic E-state index is -0.469. The van der Waals surface area contributed by atoms with Crippen molar-refractivity contribution in [3.63, 3.8) is 0 Å². The Kier molecular flexibility index (Phi) is 3.09. The summed E-state index contributed by atoms with van der Waals surface area (Å²) in [6.07, 6.45) is 3.32. The van der Waals surface area contributed by atoms with Crippen molar-refractivity contribution in [1.82, 2.24) is 25.4 Å². The van der Waals surface area contributed by atoms with Crippen LogP contribution in [0.4, 0.5) is 0 Å². The zero-order valence-corrected chi connectivity index (χ0v) is 11.7. The number of hydrogen-bond acceptors (Lipinski definition) is 3. The molecule has 3 aromatic rings. The number of aryl methyl sites for hydroxylation is 2. The molecule has 0 bridgehead atoms. The highest BCUT2D eigenvalue weighted by molar-refractivity contribution is 5.43. The molecule has 3 aromatic heterocycles. The molecule has 3 heterocycles. The Morgan fingerprint density at radius 3 is 1.90 bits per heavy atom. The number of rotatable bonds is 3. The van der Waals surface area contributed by atoms with Crippen molar-refractivity contribution >= 4 is 0 Å². The molecular formula is C14H15N5O2. The molecule has 0 saturated carbocycles. The highest BCUT2D eigenvalue weighted by Crippen LogP contribution is 2.30. The number of nitrogens with zero attached hydrogens (tertiary/aromatic N) is 1. The van der Waals surface area contributed by atoms with Crippen LogP contribution >= 0.6 is 0 Å². The Morgan fingerprint density at radius 1 is 0.952 bits per heavy atom. The highest BCUT2D eigenvalue weighted by Gasteiger charge is 2.27. The average molecular weight is 285 g/mol. The summed E-state index contributed by atoms with van der Waals surface area (Å²) in [5.41, 5.74) is 2.77. The molecule has 0 aliphatic rings. The SMILES string of the molecule is Cc1[nH][nH]c(=O)c1C(c1cccnc1)c1c(C)[nH][nH]c1=O. The Hall–Kier alpha value is -2.83. The molecule has 108 valence electrons. The van der Waals surface area contributed by atoms with Gasteiger partial charge in [0.1, 0.15) is 0 Å². The van der Waals surface area contributed by atoms with Crippen LogP contribution in [0.2, 0.25) is 0 Å². The number of aromatic nitrogens is 5. The summed E-state index contributed by atoms with van der Waals surface area (Å²) in [5, 5.41) is 10.7. The monoisotopic (exact) mass is 285 g/mol. The second-order valence-corrected chi connectivity index (χ2v) is 4.95. The van der Waals surface area contributed by atoms with Crippen molar-refractivity contribution in [2.45, 2.75) is 19.8 Å². The lowest BCUT2D eigenvalue weighted by Gasteiger charge is -2.15. The fraction of sp³-hybridized carbons (Fsp3) is 0.214. The van der Waals surface area contributed by atoms with Crippen molar-refractivity contribution in [2.24, 2.45) is 0 Å². The summed E-state index contributed by atoms with van der Waals surface area (Å²) < 4.78 is 0. The van der Waals surface area contributed by atoms with Gasteiger partial charge in [0.2, 0.25) is 0 Å². The third-order valence-corrected chi connectivity index (χ3v) is 3.62. The van der Waals surface area contributed by atoms with Gasteiger partial charge in [-0.1, -0.05) is 6.07 Å².